The minimum atomic E-state index is -0.784. The SMILES string of the molecule is CC/C=C\C/C=C\C/C=C\C/C=C\CCCCCCC(=O)OC[C@H](COC(=O)CCCCCCCCCCCCCCC)OC(=O)CCCCCCCCC/C=C\CCCCCC. The molecule has 1 atom stereocenters. The van der Waals surface area contributed by atoms with Gasteiger partial charge in [-0.25, -0.2) is 0 Å². The highest BCUT2D eigenvalue weighted by Gasteiger charge is 2.19. The Morgan fingerprint density at radius 3 is 1.00 bits per heavy atom. The molecule has 63 heavy (non-hydrogen) atoms. The smallest absolute Gasteiger partial charge is 0.306 e. The predicted octanol–water partition coefficient (Wildman–Crippen LogP) is 17.6. The molecular formula is C57H100O6. The van der Waals surface area contributed by atoms with E-state index in [0.717, 1.165) is 96.3 Å². The van der Waals surface area contributed by atoms with Crippen LogP contribution < -0.4 is 0 Å². The summed E-state index contributed by atoms with van der Waals surface area (Å²) < 4.78 is 16.8. The van der Waals surface area contributed by atoms with Gasteiger partial charge in [-0.1, -0.05) is 223 Å². The minimum Gasteiger partial charge on any atom is -0.462 e. The van der Waals surface area contributed by atoms with Gasteiger partial charge in [0, 0.05) is 19.3 Å². The molecule has 0 N–H and O–H groups in total. The molecule has 0 aromatic heterocycles. The van der Waals surface area contributed by atoms with Crippen LogP contribution in [0.25, 0.3) is 0 Å². The van der Waals surface area contributed by atoms with Crippen LogP contribution in [0.1, 0.15) is 265 Å². The van der Waals surface area contributed by atoms with Gasteiger partial charge >= 0.3 is 17.9 Å². The summed E-state index contributed by atoms with van der Waals surface area (Å²) in [6.45, 7) is 6.50. The second kappa shape index (κ2) is 51.7. The lowest BCUT2D eigenvalue weighted by Crippen LogP contribution is -2.30. The Morgan fingerprint density at radius 1 is 0.333 bits per heavy atom. The van der Waals surface area contributed by atoms with Gasteiger partial charge in [0.2, 0.25) is 0 Å². The van der Waals surface area contributed by atoms with E-state index in [-0.39, 0.29) is 31.1 Å². The Balaban J connectivity index is 4.41. The summed E-state index contributed by atoms with van der Waals surface area (Å²) in [5, 5.41) is 0. The number of unbranched alkanes of at least 4 members (excludes halogenated alkanes) is 27. The maximum Gasteiger partial charge on any atom is 0.306 e. The third kappa shape index (κ3) is 50.0. The second-order valence-corrected chi connectivity index (χ2v) is 17.8. The highest BCUT2D eigenvalue weighted by Crippen LogP contribution is 2.15. The van der Waals surface area contributed by atoms with Crippen molar-refractivity contribution in [3.05, 3.63) is 60.8 Å². The summed E-state index contributed by atoms with van der Waals surface area (Å²) in [6, 6.07) is 0. The molecular weight excluding hydrogens is 781 g/mol. The lowest BCUT2D eigenvalue weighted by Gasteiger charge is -2.18. The van der Waals surface area contributed by atoms with E-state index in [1.54, 1.807) is 0 Å². The fourth-order valence-corrected chi connectivity index (χ4v) is 7.49. The van der Waals surface area contributed by atoms with Crippen molar-refractivity contribution in [2.24, 2.45) is 0 Å². The van der Waals surface area contributed by atoms with Crippen LogP contribution in [-0.4, -0.2) is 37.2 Å². The van der Waals surface area contributed by atoms with E-state index in [4.69, 9.17) is 14.2 Å². The van der Waals surface area contributed by atoms with Crippen LogP contribution in [0.4, 0.5) is 0 Å². The standard InChI is InChI=1S/C57H100O6/c1-4-7-10-13-16-19-22-25-27-28-30-32-35-38-41-44-47-50-56(59)62-53-54(52-61-55(58)49-46-43-40-37-34-31-24-21-18-15-12-9-6-3)63-57(60)51-48-45-42-39-36-33-29-26-23-20-17-14-11-8-5-2/h7,10,16,19-20,23,25,27,30,32,54H,4-6,8-9,11-15,17-18,21-22,24,26,28-29,31,33-53H2,1-3H3/b10-7-,19-16-,23-20-,27-25-,32-30-/t54-/m0/s1. The summed E-state index contributed by atoms with van der Waals surface area (Å²) in [6.07, 6.45) is 63.4. The van der Waals surface area contributed by atoms with Crippen LogP contribution in [0.3, 0.4) is 0 Å². The Kier molecular flexibility index (Phi) is 49.4. The summed E-state index contributed by atoms with van der Waals surface area (Å²) in [5.41, 5.74) is 0. The first-order valence-corrected chi connectivity index (χ1v) is 26.8. The molecule has 6 nitrogen and oxygen atoms in total. The van der Waals surface area contributed by atoms with Crippen molar-refractivity contribution in [2.45, 2.75) is 271 Å². The van der Waals surface area contributed by atoms with Gasteiger partial charge in [-0.15, -0.1) is 0 Å². The summed E-state index contributed by atoms with van der Waals surface area (Å²) in [4.78, 5) is 38.0. The van der Waals surface area contributed by atoms with E-state index in [9.17, 15) is 14.4 Å². The predicted molar refractivity (Wildman–Crippen MR) is 270 cm³/mol. The largest absolute Gasteiger partial charge is 0.462 e. The fraction of sp³-hybridized carbons (Fsp3) is 0.772. The van der Waals surface area contributed by atoms with Crippen LogP contribution in [-0.2, 0) is 28.6 Å². The van der Waals surface area contributed by atoms with Crippen molar-refractivity contribution in [2.75, 3.05) is 13.2 Å². The van der Waals surface area contributed by atoms with Gasteiger partial charge in [0.25, 0.3) is 0 Å². The Bertz CT molecular complexity index is 1150. The van der Waals surface area contributed by atoms with Crippen molar-refractivity contribution in [3.8, 4) is 0 Å². The van der Waals surface area contributed by atoms with Gasteiger partial charge in [-0.2, -0.15) is 0 Å². The van der Waals surface area contributed by atoms with Gasteiger partial charge in [0.05, 0.1) is 0 Å². The van der Waals surface area contributed by atoms with Gasteiger partial charge in [-0.3, -0.25) is 14.4 Å². The Labute approximate surface area is 390 Å². The van der Waals surface area contributed by atoms with Crippen molar-refractivity contribution in [1.82, 2.24) is 0 Å². The average Bonchev–Trinajstić information content (AvgIpc) is 3.28. The van der Waals surface area contributed by atoms with Crippen LogP contribution >= 0.6 is 0 Å². The number of allylic oxidation sites excluding steroid dienone is 10. The molecule has 0 unspecified atom stereocenters. The molecule has 6 heteroatoms. The van der Waals surface area contributed by atoms with Gasteiger partial charge in [-0.05, 0) is 83.5 Å². The number of esters is 3. The van der Waals surface area contributed by atoms with Crippen LogP contribution in [0, 0.1) is 0 Å². The first-order chi connectivity index (χ1) is 31.0. The zero-order chi connectivity index (χ0) is 45.8. The molecule has 0 fully saturated rings. The van der Waals surface area contributed by atoms with E-state index in [1.165, 1.54) is 128 Å². The molecule has 0 aromatic carbocycles. The zero-order valence-corrected chi connectivity index (χ0v) is 41.6. The molecule has 0 spiro atoms. The number of carbonyl (C=O) groups excluding carboxylic acids is 3. The number of hydrogen-bond acceptors (Lipinski definition) is 6. The van der Waals surface area contributed by atoms with E-state index < -0.39 is 6.10 Å². The molecule has 364 valence electrons. The molecule has 0 bridgehead atoms. The molecule has 0 rings (SSSR count). The van der Waals surface area contributed by atoms with Crippen LogP contribution in [0.2, 0.25) is 0 Å². The van der Waals surface area contributed by atoms with Crippen LogP contribution in [0.5, 0.6) is 0 Å². The van der Waals surface area contributed by atoms with Crippen LogP contribution in [0.15, 0.2) is 60.8 Å². The average molecular weight is 881 g/mol. The van der Waals surface area contributed by atoms with Crippen molar-refractivity contribution < 1.29 is 28.6 Å². The first kappa shape index (κ1) is 60.1. The second-order valence-electron chi connectivity index (χ2n) is 17.8. The number of ether oxygens (including phenoxy) is 3. The quantitative estimate of drug-likeness (QED) is 0.0262. The lowest BCUT2D eigenvalue weighted by atomic mass is 10.0. The number of rotatable bonds is 48. The molecule has 0 amide bonds. The lowest BCUT2D eigenvalue weighted by molar-refractivity contribution is -0.167. The normalized spacial score (nSPS) is 12.5. The first-order valence-electron chi connectivity index (χ1n) is 26.8. The molecule has 0 aliphatic rings. The van der Waals surface area contributed by atoms with Gasteiger partial charge in [0.1, 0.15) is 13.2 Å². The maximum absolute atomic E-state index is 12.8. The highest BCUT2D eigenvalue weighted by molar-refractivity contribution is 5.71. The number of carbonyl (C=O) groups is 3. The zero-order valence-electron chi connectivity index (χ0n) is 41.6. The molecule has 0 aliphatic heterocycles. The maximum atomic E-state index is 12.8. The van der Waals surface area contributed by atoms with Gasteiger partial charge in [0.15, 0.2) is 6.10 Å². The Morgan fingerprint density at radius 2 is 0.619 bits per heavy atom. The molecule has 0 heterocycles. The van der Waals surface area contributed by atoms with E-state index in [2.05, 4.69) is 81.5 Å². The third-order valence-electron chi connectivity index (χ3n) is 11.5. The molecule has 0 saturated heterocycles. The van der Waals surface area contributed by atoms with Crippen molar-refractivity contribution >= 4 is 17.9 Å². The highest BCUT2D eigenvalue weighted by atomic mass is 16.6. The molecule has 0 radical (unpaired) electrons. The van der Waals surface area contributed by atoms with E-state index in [0.29, 0.717) is 19.3 Å². The van der Waals surface area contributed by atoms with Crippen molar-refractivity contribution in [3.63, 3.8) is 0 Å². The Hall–Kier alpha value is -2.89. The fourth-order valence-electron chi connectivity index (χ4n) is 7.49. The topological polar surface area (TPSA) is 78.9 Å². The van der Waals surface area contributed by atoms with E-state index in [1.807, 2.05) is 0 Å². The summed E-state index contributed by atoms with van der Waals surface area (Å²) >= 11 is 0. The minimum absolute atomic E-state index is 0.0817. The molecule has 0 aromatic rings. The van der Waals surface area contributed by atoms with Gasteiger partial charge < -0.3 is 14.2 Å². The number of hydrogen-bond donors (Lipinski definition) is 0. The monoisotopic (exact) mass is 881 g/mol. The summed E-state index contributed by atoms with van der Waals surface area (Å²) in [5.74, 6) is -0.904. The van der Waals surface area contributed by atoms with Crippen molar-refractivity contribution in [1.29, 1.82) is 0 Å². The molecule has 0 aliphatic carbocycles. The van der Waals surface area contributed by atoms with E-state index >= 15 is 0 Å². The molecule has 0 saturated carbocycles. The summed E-state index contributed by atoms with van der Waals surface area (Å²) in [7, 11) is 0. The third-order valence-corrected chi connectivity index (χ3v) is 11.5.